The van der Waals surface area contributed by atoms with Crippen LogP contribution in [0.3, 0.4) is 0 Å². The lowest BCUT2D eigenvalue weighted by molar-refractivity contribution is -0.123. The Morgan fingerprint density at radius 2 is 1.85 bits per heavy atom. The number of nitrogens with one attached hydrogen (secondary N) is 1. The SMILES string of the molecule is Cc1cc(NC(=O)C(C)(C)C)sc1C(=O)N1CCN(c2cnccn2)CC1. The number of hydrogen-bond acceptors (Lipinski definition) is 6. The Morgan fingerprint density at radius 1 is 1.15 bits per heavy atom. The van der Waals surface area contributed by atoms with Crippen LogP contribution in [-0.2, 0) is 4.79 Å². The predicted octanol–water partition coefficient (Wildman–Crippen LogP) is 2.79. The standard InChI is InChI=1S/C19H25N5O2S/c1-13-11-15(22-18(26)19(2,3)4)27-16(13)17(25)24-9-7-23(8-10-24)14-12-20-5-6-21-14/h5-6,11-12H,7-10H2,1-4H3,(H,22,26). The first-order chi connectivity index (χ1) is 12.8. The number of hydrogen-bond donors (Lipinski definition) is 1. The molecular formula is C19H25N5O2S. The van der Waals surface area contributed by atoms with Gasteiger partial charge < -0.3 is 15.1 Å². The van der Waals surface area contributed by atoms with E-state index in [1.807, 2.05) is 38.7 Å². The molecule has 1 aliphatic rings. The summed E-state index contributed by atoms with van der Waals surface area (Å²) in [5, 5.41) is 3.63. The van der Waals surface area contributed by atoms with Crippen molar-refractivity contribution in [2.75, 3.05) is 36.4 Å². The first-order valence-electron chi connectivity index (χ1n) is 8.98. The second-order valence-corrected chi connectivity index (χ2v) is 8.72. The molecule has 0 aromatic carbocycles. The lowest BCUT2D eigenvalue weighted by atomic mass is 9.96. The third-order valence-corrected chi connectivity index (χ3v) is 5.61. The minimum Gasteiger partial charge on any atom is -0.352 e. The molecule has 7 nitrogen and oxygen atoms in total. The van der Waals surface area contributed by atoms with Crippen LogP contribution in [0.1, 0.15) is 36.0 Å². The number of anilines is 2. The average molecular weight is 388 g/mol. The van der Waals surface area contributed by atoms with Gasteiger partial charge >= 0.3 is 0 Å². The molecule has 2 aromatic rings. The summed E-state index contributed by atoms with van der Waals surface area (Å²) in [4.78, 5) is 38.2. The van der Waals surface area contributed by atoms with Gasteiger partial charge in [0.2, 0.25) is 5.91 Å². The van der Waals surface area contributed by atoms with E-state index in [-0.39, 0.29) is 11.8 Å². The zero-order valence-electron chi connectivity index (χ0n) is 16.2. The molecule has 0 unspecified atom stereocenters. The largest absolute Gasteiger partial charge is 0.352 e. The van der Waals surface area contributed by atoms with Crippen molar-refractivity contribution in [3.8, 4) is 0 Å². The summed E-state index contributed by atoms with van der Waals surface area (Å²) in [5.41, 5.74) is 0.421. The molecule has 1 saturated heterocycles. The first-order valence-corrected chi connectivity index (χ1v) is 9.79. The van der Waals surface area contributed by atoms with Crippen molar-refractivity contribution in [3.05, 3.63) is 35.1 Å². The monoisotopic (exact) mass is 387 g/mol. The molecule has 3 rings (SSSR count). The van der Waals surface area contributed by atoms with Crippen LogP contribution >= 0.6 is 11.3 Å². The Bertz CT molecular complexity index is 820. The van der Waals surface area contributed by atoms with Crippen LogP contribution in [-0.4, -0.2) is 52.9 Å². The molecule has 0 radical (unpaired) electrons. The highest BCUT2D eigenvalue weighted by Crippen LogP contribution is 2.30. The summed E-state index contributed by atoms with van der Waals surface area (Å²) in [6.07, 6.45) is 5.07. The van der Waals surface area contributed by atoms with Crippen LogP contribution in [0.2, 0.25) is 0 Å². The Kier molecular flexibility index (Phi) is 5.46. The maximum atomic E-state index is 12.9. The molecule has 2 amide bonds. The predicted molar refractivity (Wildman–Crippen MR) is 107 cm³/mol. The number of carbonyl (C=O) groups is 2. The van der Waals surface area contributed by atoms with Crippen molar-refractivity contribution >= 4 is 34.0 Å². The molecule has 1 aliphatic heterocycles. The van der Waals surface area contributed by atoms with Crippen molar-refractivity contribution in [1.29, 1.82) is 0 Å². The average Bonchev–Trinajstić information content (AvgIpc) is 3.01. The molecule has 0 saturated carbocycles. The number of nitrogens with zero attached hydrogens (tertiary/aromatic N) is 4. The van der Waals surface area contributed by atoms with E-state index in [1.54, 1.807) is 18.6 Å². The van der Waals surface area contributed by atoms with Crippen molar-refractivity contribution in [2.24, 2.45) is 5.41 Å². The molecule has 27 heavy (non-hydrogen) atoms. The number of aromatic nitrogens is 2. The minimum absolute atomic E-state index is 0.0209. The minimum atomic E-state index is -0.473. The normalized spacial score (nSPS) is 15.0. The Morgan fingerprint density at radius 3 is 2.44 bits per heavy atom. The summed E-state index contributed by atoms with van der Waals surface area (Å²) in [7, 11) is 0. The van der Waals surface area contributed by atoms with Crippen molar-refractivity contribution in [3.63, 3.8) is 0 Å². The molecule has 144 valence electrons. The first kappa shape index (κ1) is 19.3. The van der Waals surface area contributed by atoms with E-state index >= 15 is 0 Å². The van der Waals surface area contributed by atoms with Gasteiger partial charge in [-0.15, -0.1) is 11.3 Å². The third-order valence-electron chi connectivity index (χ3n) is 4.47. The van der Waals surface area contributed by atoms with Crippen LogP contribution < -0.4 is 10.2 Å². The highest BCUT2D eigenvalue weighted by Gasteiger charge is 2.27. The van der Waals surface area contributed by atoms with Crippen LogP contribution in [0, 0.1) is 12.3 Å². The lowest BCUT2D eigenvalue weighted by Gasteiger charge is -2.35. The number of carbonyl (C=O) groups excluding carboxylic acids is 2. The molecule has 0 atom stereocenters. The van der Waals surface area contributed by atoms with Crippen LogP contribution in [0.15, 0.2) is 24.7 Å². The Labute approximate surface area is 163 Å². The van der Waals surface area contributed by atoms with Gasteiger partial charge in [-0.1, -0.05) is 20.8 Å². The van der Waals surface area contributed by atoms with Crippen molar-refractivity contribution in [1.82, 2.24) is 14.9 Å². The van der Waals surface area contributed by atoms with Gasteiger partial charge in [-0.2, -0.15) is 0 Å². The van der Waals surface area contributed by atoms with Gasteiger partial charge in [-0.25, -0.2) is 4.98 Å². The summed E-state index contributed by atoms with van der Waals surface area (Å²) in [6.45, 7) is 10.2. The summed E-state index contributed by atoms with van der Waals surface area (Å²) in [5.74, 6) is 0.803. The number of thiophene rings is 1. The van der Waals surface area contributed by atoms with Gasteiger partial charge in [-0.3, -0.25) is 14.6 Å². The smallest absolute Gasteiger partial charge is 0.264 e. The molecule has 2 aromatic heterocycles. The summed E-state index contributed by atoms with van der Waals surface area (Å²) < 4.78 is 0. The van der Waals surface area contributed by atoms with Crippen molar-refractivity contribution in [2.45, 2.75) is 27.7 Å². The maximum absolute atomic E-state index is 12.9. The molecule has 0 bridgehead atoms. The Hall–Kier alpha value is -2.48. The second kappa shape index (κ2) is 7.64. The van der Waals surface area contributed by atoms with E-state index < -0.39 is 5.41 Å². The van der Waals surface area contributed by atoms with Gasteiger partial charge in [0.15, 0.2) is 0 Å². The fraction of sp³-hybridized carbons (Fsp3) is 0.474. The summed E-state index contributed by atoms with van der Waals surface area (Å²) >= 11 is 1.34. The quantitative estimate of drug-likeness (QED) is 0.876. The fourth-order valence-corrected chi connectivity index (χ4v) is 3.83. The molecular weight excluding hydrogens is 362 g/mol. The van der Waals surface area contributed by atoms with Crippen LogP contribution in [0.4, 0.5) is 10.8 Å². The summed E-state index contributed by atoms with van der Waals surface area (Å²) in [6, 6.07) is 1.87. The fourth-order valence-electron chi connectivity index (χ4n) is 2.79. The topological polar surface area (TPSA) is 78.4 Å². The zero-order chi connectivity index (χ0) is 19.6. The van der Waals surface area contributed by atoms with E-state index in [1.165, 1.54) is 11.3 Å². The van der Waals surface area contributed by atoms with Crippen LogP contribution in [0.25, 0.3) is 0 Å². The van der Waals surface area contributed by atoms with E-state index in [0.29, 0.717) is 23.0 Å². The second-order valence-electron chi connectivity index (χ2n) is 7.67. The number of piperazine rings is 1. The highest BCUT2D eigenvalue weighted by molar-refractivity contribution is 7.18. The van der Waals surface area contributed by atoms with Gasteiger partial charge in [0.05, 0.1) is 16.1 Å². The molecule has 1 N–H and O–H groups in total. The maximum Gasteiger partial charge on any atom is 0.264 e. The molecule has 1 fully saturated rings. The van der Waals surface area contributed by atoms with Crippen LogP contribution in [0.5, 0.6) is 0 Å². The number of amides is 2. The van der Waals surface area contributed by atoms with Gasteiger partial charge in [0.25, 0.3) is 5.91 Å². The molecule has 0 spiro atoms. The van der Waals surface area contributed by atoms with Gasteiger partial charge in [0.1, 0.15) is 5.82 Å². The molecule has 0 aliphatic carbocycles. The lowest BCUT2D eigenvalue weighted by Crippen LogP contribution is -2.49. The molecule has 8 heteroatoms. The Balaban J connectivity index is 1.64. The number of aryl methyl sites for hydroxylation is 1. The third kappa shape index (κ3) is 4.44. The number of rotatable bonds is 3. The van der Waals surface area contributed by atoms with Gasteiger partial charge in [-0.05, 0) is 18.6 Å². The van der Waals surface area contributed by atoms with Crippen molar-refractivity contribution < 1.29 is 9.59 Å². The highest BCUT2D eigenvalue weighted by atomic mass is 32.1. The zero-order valence-corrected chi connectivity index (χ0v) is 17.0. The molecule has 3 heterocycles. The van der Waals surface area contributed by atoms with E-state index in [4.69, 9.17) is 0 Å². The van der Waals surface area contributed by atoms with Gasteiger partial charge in [0, 0.05) is 44.0 Å². The van der Waals surface area contributed by atoms with E-state index in [0.717, 1.165) is 24.5 Å². The van der Waals surface area contributed by atoms with E-state index in [2.05, 4.69) is 20.2 Å². The van der Waals surface area contributed by atoms with E-state index in [9.17, 15) is 9.59 Å².